The number of benzene rings is 2. The number of amides is 1. The Balaban J connectivity index is 1.52. The molecular weight excluding hydrogens is 471 g/mol. The molecule has 1 aromatic heterocycles. The maximum absolute atomic E-state index is 13.8. The molecule has 2 atom stereocenters. The highest BCUT2D eigenvalue weighted by molar-refractivity contribution is 6.30. The maximum atomic E-state index is 13.8. The highest BCUT2D eigenvalue weighted by atomic mass is 35.5. The van der Waals surface area contributed by atoms with Crippen molar-refractivity contribution in [2.45, 2.75) is 39.7 Å². The molecule has 7 nitrogen and oxygen atoms in total. The fraction of sp³-hybridized carbons (Fsp3) is 0.385. The van der Waals surface area contributed by atoms with Gasteiger partial charge in [0.25, 0.3) is 0 Å². The van der Waals surface area contributed by atoms with Crippen LogP contribution in [0.1, 0.15) is 30.4 Å². The van der Waals surface area contributed by atoms with Crippen LogP contribution in [0.3, 0.4) is 0 Å². The van der Waals surface area contributed by atoms with Crippen molar-refractivity contribution in [2.75, 3.05) is 30.3 Å². The number of aromatic nitrogens is 1. The van der Waals surface area contributed by atoms with Gasteiger partial charge in [-0.1, -0.05) is 35.8 Å². The summed E-state index contributed by atoms with van der Waals surface area (Å²) in [5, 5.41) is 20.5. The van der Waals surface area contributed by atoms with Crippen molar-refractivity contribution in [3.05, 3.63) is 64.3 Å². The molecule has 3 N–H and O–H groups in total. The van der Waals surface area contributed by atoms with E-state index in [0.717, 1.165) is 45.9 Å². The first-order valence-corrected chi connectivity index (χ1v) is 12.1. The number of carboxylic acid groups (broad SMARTS) is 1. The molecule has 0 aliphatic carbocycles. The van der Waals surface area contributed by atoms with Crippen LogP contribution in [0.25, 0.3) is 11.1 Å². The van der Waals surface area contributed by atoms with E-state index in [9.17, 15) is 14.3 Å². The quantitative estimate of drug-likeness (QED) is 0.341. The fourth-order valence-corrected chi connectivity index (χ4v) is 4.68. The number of nitrogens with zero attached hydrogens (tertiary/aromatic N) is 2. The predicted octanol–water partition coefficient (Wildman–Crippen LogP) is 6.21. The Labute approximate surface area is 209 Å². The second-order valence-electron chi connectivity index (χ2n) is 9.26. The van der Waals surface area contributed by atoms with Crippen molar-refractivity contribution in [3.63, 3.8) is 0 Å². The van der Waals surface area contributed by atoms with Gasteiger partial charge in [0.05, 0.1) is 22.1 Å². The summed E-state index contributed by atoms with van der Waals surface area (Å²) >= 11 is 5.81. The zero-order chi connectivity index (χ0) is 25.1. The van der Waals surface area contributed by atoms with Gasteiger partial charge in [0.1, 0.15) is 11.6 Å². The number of carbonyl (C=O) groups is 1. The van der Waals surface area contributed by atoms with Gasteiger partial charge >= 0.3 is 6.09 Å². The number of likely N-dealkylation sites (tertiary alicyclic amines) is 1. The zero-order valence-electron chi connectivity index (χ0n) is 20.1. The number of aryl methyl sites for hydroxylation is 2. The van der Waals surface area contributed by atoms with E-state index in [4.69, 9.17) is 16.1 Å². The maximum Gasteiger partial charge on any atom is 0.407 e. The molecule has 1 aliphatic heterocycles. The van der Waals surface area contributed by atoms with Gasteiger partial charge in [0, 0.05) is 31.2 Å². The van der Waals surface area contributed by atoms with E-state index < -0.39 is 11.9 Å². The average Bonchev–Trinajstić information content (AvgIpc) is 3.42. The highest BCUT2D eigenvalue weighted by Crippen LogP contribution is 2.34. The van der Waals surface area contributed by atoms with Gasteiger partial charge in [-0.15, -0.1) is 0 Å². The van der Waals surface area contributed by atoms with Gasteiger partial charge in [-0.25, -0.2) is 9.18 Å². The van der Waals surface area contributed by atoms with Crippen molar-refractivity contribution in [3.8, 4) is 11.1 Å². The number of halogens is 2. The van der Waals surface area contributed by atoms with E-state index in [2.05, 4.69) is 28.8 Å². The summed E-state index contributed by atoms with van der Waals surface area (Å²) in [6.45, 7) is 7.53. The molecule has 0 radical (unpaired) electrons. The first-order valence-electron chi connectivity index (χ1n) is 11.7. The molecule has 4 rings (SSSR count). The Kier molecular flexibility index (Phi) is 7.50. The van der Waals surface area contributed by atoms with E-state index in [0.29, 0.717) is 26.1 Å². The predicted molar refractivity (Wildman–Crippen MR) is 136 cm³/mol. The summed E-state index contributed by atoms with van der Waals surface area (Å²) in [4.78, 5) is 12.7. The summed E-state index contributed by atoms with van der Waals surface area (Å²) in [6, 6.07) is 11.0. The average molecular weight is 501 g/mol. The van der Waals surface area contributed by atoms with Gasteiger partial charge < -0.3 is 25.2 Å². The van der Waals surface area contributed by atoms with Crippen LogP contribution in [-0.4, -0.2) is 46.9 Å². The van der Waals surface area contributed by atoms with Crippen LogP contribution in [0, 0.1) is 25.6 Å². The Morgan fingerprint density at radius 2 is 2.09 bits per heavy atom. The fourth-order valence-electron chi connectivity index (χ4n) is 4.56. The Hall–Kier alpha value is -3.26. The van der Waals surface area contributed by atoms with Crippen LogP contribution in [-0.2, 0) is 6.42 Å². The second-order valence-corrected chi connectivity index (χ2v) is 9.66. The van der Waals surface area contributed by atoms with Gasteiger partial charge in [-0.3, -0.25) is 0 Å². The molecule has 35 heavy (non-hydrogen) atoms. The number of rotatable bonds is 8. The molecular formula is C26H30ClFN4O3. The van der Waals surface area contributed by atoms with E-state index in [-0.39, 0.29) is 17.0 Å². The van der Waals surface area contributed by atoms with E-state index in [1.54, 1.807) is 6.07 Å². The number of nitrogens with one attached hydrogen (secondary N) is 2. The number of hydrogen-bond donors (Lipinski definition) is 3. The second kappa shape index (κ2) is 10.6. The molecule has 186 valence electrons. The lowest BCUT2D eigenvalue weighted by Gasteiger charge is -2.21. The van der Waals surface area contributed by atoms with Gasteiger partial charge in [0.2, 0.25) is 0 Å². The SMILES string of the molecule is Cc1noc(C)c1-c1ccc(N[C@H]2CCN(C(=O)O)C2)c(NC[C@@H](C)Cc2ccc(Cl)c(F)c2)c1. The number of hydrogen-bond acceptors (Lipinski definition) is 5. The van der Waals surface area contributed by atoms with E-state index in [1.165, 1.54) is 11.0 Å². The smallest absolute Gasteiger partial charge is 0.407 e. The van der Waals surface area contributed by atoms with Crippen molar-refractivity contribution >= 4 is 29.1 Å². The molecule has 1 fully saturated rings. The van der Waals surface area contributed by atoms with E-state index in [1.807, 2.05) is 32.0 Å². The van der Waals surface area contributed by atoms with Gasteiger partial charge in [0.15, 0.2) is 0 Å². The van der Waals surface area contributed by atoms with Crippen LogP contribution in [0.4, 0.5) is 20.6 Å². The Morgan fingerprint density at radius 3 is 2.74 bits per heavy atom. The molecule has 1 amide bonds. The topological polar surface area (TPSA) is 90.6 Å². The van der Waals surface area contributed by atoms with Crippen LogP contribution in [0.5, 0.6) is 0 Å². The molecule has 2 aromatic carbocycles. The summed E-state index contributed by atoms with van der Waals surface area (Å²) in [7, 11) is 0. The van der Waals surface area contributed by atoms with Crippen LogP contribution in [0.2, 0.25) is 5.02 Å². The third-order valence-corrected chi connectivity index (χ3v) is 6.68. The minimum absolute atomic E-state index is 0.0334. The van der Waals surface area contributed by atoms with Crippen molar-refractivity contribution in [2.24, 2.45) is 5.92 Å². The minimum atomic E-state index is -0.895. The molecule has 0 unspecified atom stereocenters. The third kappa shape index (κ3) is 5.88. The first kappa shape index (κ1) is 24.9. The van der Waals surface area contributed by atoms with Crippen molar-refractivity contribution < 1.29 is 18.8 Å². The summed E-state index contributed by atoms with van der Waals surface area (Å²) in [5.41, 5.74) is 5.47. The van der Waals surface area contributed by atoms with Crippen LogP contribution in [0.15, 0.2) is 40.9 Å². The summed E-state index contributed by atoms with van der Waals surface area (Å²) in [6.07, 6.45) is 0.549. The molecule has 1 aliphatic rings. The Bertz CT molecular complexity index is 1200. The largest absolute Gasteiger partial charge is 0.465 e. The molecule has 1 saturated heterocycles. The normalized spacial score (nSPS) is 16.4. The number of anilines is 2. The third-order valence-electron chi connectivity index (χ3n) is 6.37. The van der Waals surface area contributed by atoms with Crippen LogP contribution < -0.4 is 10.6 Å². The summed E-state index contributed by atoms with van der Waals surface area (Å²) in [5.74, 6) is 0.565. The molecule has 0 spiro atoms. The lowest BCUT2D eigenvalue weighted by Crippen LogP contribution is -2.30. The molecule has 9 heteroatoms. The minimum Gasteiger partial charge on any atom is -0.465 e. The first-order chi connectivity index (χ1) is 16.7. The van der Waals surface area contributed by atoms with Crippen molar-refractivity contribution in [1.29, 1.82) is 0 Å². The molecule has 3 aromatic rings. The lowest BCUT2D eigenvalue weighted by molar-refractivity contribution is 0.155. The van der Waals surface area contributed by atoms with E-state index >= 15 is 0 Å². The zero-order valence-corrected chi connectivity index (χ0v) is 20.8. The van der Waals surface area contributed by atoms with Crippen LogP contribution >= 0.6 is 11.6 Å². The van der Waals surface area contributed by atoms with Crippen molar-refractivity contribution in [1.82, 2.24) is 10.1 Å². The standard InChI is InChI=1S/C26H30ClFN4O3/c1-15(10-18-4-6-21(27)22(28)11-18)13-29-24-12-19(25-16(2)31-35-17(25)3)5-7-23(24)30-20-8-9-32(14-20)26(33)34/h4-7,11-12,15,20,29-30H,8-10,13-14H2,1-3H3,(H,33,34)/t15-,20-/m0/s1. The van der Waals surface area contributed by atoms with Gasteiger partial charge in [-0.05, 0) is 68.0 Å². The van der Waals surface area contributed by atoms with Gasteiger partial charge in [-0.2, -0.15) is 0 Å². The molecule has 0 saturated carbocycles. The lowest BCUT2D eigenvalue weighted by atomic mass is 10.00. The molecule has 2 heterocycles. The highest BCUT2D eigenvalue weighted by Gasteiger charge is 2.26. The summed E-state index contributed by atoms with van der Waals surface area (Å²) < 4.78 is 19.2. The Morgan fingerprint density at radius 1 is 1.29 bits per heavy atom. The monoisotopic (exact) mass is 500 g/mol. The molecule has 0 bridgehead atoms.